The molecule has 0 radical (unpaired) electrons. The maximum absolute atomic E-state index is 12.9. The molecule has 1 amide bonds. The van der Waals surface area contributed by atoms with E-state index in [1.54, 1.807) is 24.3 Å². The third-order valence-corrected chi connectivity index (χ3v) is 5.46. The van der Waals surface area contributed by atoms with Gasteiger partial charge in [-0.15, -0.1) is 0 Å². The first-order chi connectivity index (χ1) is 14.1. The maximum atomic E-state index is 12.9. The van der Waals surface area contributed by atoms with E-state index >= 15 is 0 Å². The number of carboxylic acid groups (broad SMARTS) is 1. The predicted molar refractivity (Wildman–Crippen MR) is 109 cm³/mol. The Bertz CT molecular complexity index is 1060. The number of rotatable bonds is 6. The number of carbonyl (C=O) groups is 2. The highest BCUT2D eigenvalue weighted by Gasteiger charge is 2.28. The number of benzene rings is 2. The molecule has 2 N–H and O–H groups in total. The molecule has 0 saturated carbocycles. The fourth-order valence-electron chi connectivity index (χ4n) is 3.93. The number of hydrogen-bond donors (Lipinski definition) is 2. The van der Waals surface area contributed by atoms with Gasteiger partial charge in [-0.2, -0.15) is 5.10 Å². The number of carboxylic acids is 1. The van der Waals surface area contributed by atoms with E-state index in [1.807, 2.05) is 41.9 Å². The number of fused-ring (bicyclic) bond motifs is 1. The largest absolute Gasteiger partial charge is 0.481 e. The lowest BCUT2D eigenvalue weighted by Gasteiger charge is -2.13. The quantitative estimate of drug-likeness (QED) is 0.678. The Hall–Kier alpha value is -3.41. The topological polar surface area (TPSA) is 84.2 Å². The summed E-state index contributed by atoms with van der Waals surface area (Å²) in [6, 6.07) is 16.9. The minimum atomic E-state index is -0.966. The van der Waals surface area contributed by atoms with Gasteiger partial charge < -0.3 is 10.4 Å². The Morgan fingerprint density at radius 3 is 2.55 bits per heavy atom. The zero-order chi connectivity index (χ0) is 20.4. The van der Waals surface area contributed by atoms with E-state index in [2.05, 4.69) is 10.4 Å². The van der Waals surface area contributed by atoms with Crippen molar-refractivity contribution in [2.24, 2.45) is 0 Å². The number of para-hydroxylation sites is 1. The smallest absolute Gasteiger partial charge is 0.312 e. The average Bonchev–Trinajstić information content (AvgIpc) is 3.32. The normalized spacial score (nSPS) is 13.7. The van der Waals surface area contributed by atoms with Gasteiger partial charge in [-0.05, 0) is 43.4 Å². The number of aromatic nitrogens is 2. The second-order valence-corrected chi connectivity index (χ2v) is 7.34. The van der Waals surface area contributed by atoms with Crippen molar-refractivity contribution in [2.75, 3.05) is 6.54 Å². The fraction of sp³-hybridized carbons (Fsp3) is 0.261. The van der Waals surface area contributed by atoms with Crippen molar-refractivity contribution in [3.8, 4) is 5.69 Å². The molecule has 0 aliphatic heterocycles. The summed E-state index contributed by atoms with van der Waals surface area (Å²) in [5, 5.41) is 17.0. The van der Waals surface area contributed by atoms with Gasteiger partial charge in [0.2, 0.25) is 0 Å². The summed E-state index contributed by atoms with van der Waals surface area (Å²) >= 11 is 0. The van der Waals surface area contributed by atoms with Crippen molar-refractivity contribution in [3.05, 3.63) is 82.7 Å². The Kier molecular flexibility index (Phi) is 5.16. The van der Waals surface area contributed by atoms with Gasteiger partial charge in [0.25, 0.3) is 5.91 Å². The molecular weight excluding hydrogens is 366 g/mol. The molecule has 0 saturated heterocycles. The molecule has 3 aromatic rings. The summed E-state index contributed by atoms with van der Waals surface area (Å²) < 4.78 is 1.87. The van der Waals surface area contributed by atoms with Crippen LogP contribution in [-0.2, 0) is 17.6 Å². The van der Waals surface area contributed by atoms with Crippen LogP contribution in [0.1, 0.15) is 45.2 Å². The van der Waals surface area contributed by atoms with E-state index < -0.39 is 11.9 Å². The molecule has 0 spiro atoms. The van der Waals surface area contributed by atoms with Gasteiger partial charge in [0.05, 0.1) is 11.6 Å². The molecule has 1 atom stereocenters. The Balaban J connectivity index is 1.59. The van der Waals surface area contributed by atoms with Crippen LogP contribution in [0.25, 0.3) is 5.69 Å². The van der Waals surface area contributed by atoms with E-state index in [1.165, 1.54) is 0 Å². The fourth-order valence-corrected chi connectivity index (χ4v) is 3.93. The number of hydrogen-bond acceptors (Lipinski definition) is 3. The summed E-state index contributed by atoms with van der Waals surface area (Å²) in [5.74, 6) is -2.09. The first-order valence-corrected chi connectivity index (χ1v) is 9.79. The second-order valence-electron chi connectivity index (χ2n) is 7.34. The van der Waals surface area contributed by atoms with E-state index in [9.17, 15) is 14.7 Å². The number of nitrogens with zero attached hydrogens (tertiary/aromatic N) is 2. The van der Waals surface area contributed by atoms with E-state index in [0.717, 1.165) is 41.8 Å². The van der Waals surface area contributed by atoms with Crippen LogP contribution in [0.2, 0.25) is 0 Å². The summed E-state index contributed by atoms with van der Waals surface area (Å²) in [4.78, 5) is 24.6. The molecule has 0 fully saturated rings. The third kappa shape index (κ3) is 3.66. The SMILES string of the molecule is Cc1ccccc1-n1nc(C(=O)NCC(C(=O)O)c2ccccc2)c2c1CCC2. The minimum absolute atomic E-state index is 0.0180. The summed E-state index contributed by atoms with van der Waals surface area (Å²) in [7, 11) is 0. The first-order valence-electron chi connectivity index (χ1n) is 9.79. The summed E-state index contributed by atoms with van der Waals surface area (Å²) in [5.41, 5.74) is 5.16. The lowest BCUT2D eigenvalue weighted by molar-refractivity contribution is -0.138. The predicted octanol–water partition coefficient (Wildman–Crippen LogP) is 3.27. The molecule has 0 bridgehead atoms. The van der Waals surface area contributed by atoms with Crippen molar-refractivity contribution >= 4 is 11.9 Å². The van der Waals surface area contributed by atoms with E-state index in [4.69, 9.17) is 0 Å². The van der Waals surface area contributed by atoms with Crippen LogP contribution in [-0.4, -0.2) is 33.3 Å². The number of aryl methyl sites for hydroxylation is 1. The lowest BCUT2D eigenvalue weighted by atomic mass is 9.99. The first kappa shape index (κ1) is 18.9. The molecule has 1 aromatic heterocycles. The monoisotopic (exact) mass is 389 g/mol. The molecule has 1 aliphatic carbocycles. The van der Waals surface area contributed by atoms with Crippen LogP contribution < -0.4 is 5.32 Å². The zero-order valence-electron chi connectivity index (χ0n) is 16.3. The number of nitrogens with one attached hydrogen (secondary N) is 1. The highest BCUT2D eigenvalue weighted by Crippen LogP contribution is 2.29. The van der Waals surface area contributed by atoms with Gasteiger partial charge in [-0.25, -0.2) is 4.68 Å². The van der Waals surface area contributed by atoms with Gasteiger partial charge in [-0.1, -0.05) is 48.5 Å². The van der Waals surface area contributed by atoms with E-state index in [0.29, 0.717) is 11.3 Å². The van der Waals surface area contributed by atoms with Gasteiger partial charge in [-0.3, -0.25) is 9.59 Å². The highest BCUT2D eigenvalue weighted by atomic mass is 16.4. The molecule has 1 aliphatic rings. The van der Waals surface area contributed by atoms with Crippen LogP contribution >= 0.6 is 0 Å². The number of carbonyl (C=O) groups excluding carboxylic acids is 1. The van der Waals surface area contributed by atoms with Crippen molar-refractivity contribution in [3.63, 3.8) is 0 Å². The molecule has 29 heavy (non-hydrogen) atoms. The van der Waals surface area contributed by atoms with E-state index in [-0.39, 0.29) is 12.5 Å². The molecule has 1 unspecified atom stereocenters. The number of aliphatic carboxylic acids is 1. The molecule has 6 heteroatoms. The molecular formula is C23H23N3O3. The third-order valence-electron chi connectivity index (χ3n) is 5.46. The van der Waals surface area contributed by atoms with Crippen LogP contribution in [0.5, 0.6) is 0 Å². The molecule has 2 aromatic carbocycles. The average molecular weight is 389 g/mol. The van der Waals surface area contributed by atoms with Gasteiger partial charge in [0.15, 0.2) is 5.69 Å². The molecule has 148 valence electrons. The maximum Gasteiger partial charge on any atom is 0.312 e. The van der Waals surface area contributed by atoms with Gasteiger partial charge >= 0.3 is 5.97 Å². The minimum Gasteiger partial charge on any atom is -0.481 e. The van der Waals surface area contributed by atoms with Crippen molar-refractivity contribution < 1.29 is 14.7 Å². The molecule has 4 rings (SSSR count). The van der Waals surface area contributed by atoms with Crippen molar-refractivity contribution in [2.45, 2.75) is 32.1 Å². The molecule has 6 nitrogen and oxygen atoms in total. The van der Waals surface area contributed by atoms with Crippen LogP contribution in [0.15, 0.2) is 54.6 Å². The zero-order valence-corrected chi connectivity index (χ0v) is 16.3. The lowest BCUT2D eigenvalue weighted by Crippen LogP contribution is -2.32. The van der Waals surface area contributed by atoms with Crippen molar-refractivity contribution in [1.29, 1.82) is 0 Å². The van der Waals surface area contributed by atoms with Gasteiger partial charge in [0, 0.05) is 17.8 Å². The van der Waals surface area contributed by atoms with Crippen molar-refractivity contribution in [1.82, 2.24) is 15.1 Å². The van der Waals surface area contributed by atoms with Gasteiger partial charge in [0.1, 0.15) is 0 Å². The Labute approximate surface area is 169 Å². The number of amides is 1. The second kappa shape index (κ2) is 7.91. The summed E-state index contributed by atoms with van der Waals surface area (Å²) in [6.07, 6.45) is 2.68. The standard InChI is InChI=1S/C23H23N3O3/c1-15-8-5-6-12-19(15)26-20-13-7-11-17(20)21(25-26)22(27)24-14-18(23(28)29)16-9-3-2-4-10-16/h2-6,8-10,12,18H,7,11,13-14H2,1H3,(H,24,27)(H,28,29). The Morgan fingerprint density at radius 1 is 1.10 bits per heavy atom. The molecule has 1 heterocycles. The summed E-state index contributed by atoms with van der Waals surface area (Å²) in [6.45, 7) is 2.04. The Morgan fingerprint density at radius 2 is 1.83 bits per heavy atom. The highest BCUT2D eigenvalue weighted by molar-refractivity contribution is 5.94. The van der Waals surface area contributed by atoms with Crippen LogP contribution in [0.3, 0.4) is 0 Å². The van der Waals surface area contributed by atoms with Crippen LogP contribution in [0, 0.1) is 6.92 Å². The van der Waals surface area contributed by atoms with Crippen LogP contribution in [0.4, 0.5) is 0 Å².